The van der Waals surface area contributed by atoms with Crippen molar-refractivity contribution in [2.45, 2.75) is 17.3 Å². The highest BCUT2D eigenvalue weighted by Crippen LogP contribution is 2.31. The number of rotatable bonds is 5. The fourth-order valence-electron chi connectivity index (χ4n) is 2.16. The lowest BCUT2D eigenvalue weighted by Crippen LogP contribution is -2.39. The molecule has 1 unspecified atom stereocenters. The molecule has 0 saturated carbocycles. The maximum atomic E-state index is 12.0. The van der Waals surface area contributed by atoms with Gasteiger partial charge in [-0.1, -0.05) is 36.0 Å². The van der Waals surface area contributed by atoms with E-state index in [1.165, 1.54) is 11.8 Å². The minimum atomic E-state index is -0.874. The zero-order valence-electron chi connectivity index (χ0n) is 13.2. The van der Waals surface area contributed by atoms with E-state index in [1.54, 1.807) is 18.3 Å². The van der Waals surface area contributed by atoms with Gasteiger partial charge in [0.1, 0.15) is 0 Å². The lowest BCUT2D eigenvalue weighted by atomic mass is 10.3. The van der Waals surface area contributed by atoms with E-state index in [9.17, 15) is 9.59 Å². The predicted octanol–water partition coefficient (Wildman–Crippen LogP) is 2.67. The molecule has 2 aromatic heterocycles. The van der Waals surface area contributed by atoms with Crippen LogP contribution in [0.3, 0.4) is 0 Å². The number of nitrogens with zero attached hydrogens (tertiary/aromatic N) is 3. The topological polar surface area (TPSA) is 103 Å². The van der Waals surface area contributed by atoms with E-state index >= 15 is 0 Å². The molecule has 3 rings (SSSR count). The van der Waals surface area contributed by atoms with Gasteiger partial charge in [-0.15, -0.1) is 21.5 Å². The fourth-order valence-corrected chi connectivity index (χ4v) is 3.72. The van der Waals surface area contributed by atoms with Crippen LogP contribution in [-0.2, 0) is 4.79 Å². The van der Waals surface area contributed by atoms with Crippen molar-refractivity contribution >= 4 is 35.0 Å². The van der Waals surface area contributed by atoms with Gasteiger partial charge < -0.3 is 5.73 Å². The number of thioether (sulfide) groups is 1. The standard InChI is InChI=1S/C16H15N5O2S2/c1-10(14(22)18-15(17)23)25-16-20-19-13(12-8-5-9-24-12)21(16)11-6-3-2-4-7-11/h2-10H,1H3,(H3,17,18,22,23). The van der Waals surface area contributed by atoms with Gasteiger partial charge in [0.15, 0.2) is 11.0 Å². The molecule has 3 amide bonds. The molecule has 0 aliphatic rings. The Morgan fingerprint density at radius 1 is 1.20 bits per heavy atom. The quantitative estimate of drug-likeness (QED) is 0.669. The van der Waals surface area contributed by atoms with Crippen LogP contribution >= 0.6 is 23.1 Å². The SMILES string of the molecule is CC(Sc1nnc(-c2cccs2)n1-c1ccccc1)C(=O)NC(N)=O. The van der Waals surface area contributed by atoms with Crippen molar-refractivity contribution < 1.29 is 9.59 Å². The second kappa shape index (κ2) is 7.49. The molecule has 0 aliphatic carbocycles. The van der Waals surface area contributed by atoms with Crippen LogP contribution in [0.4, 0.5) is 4.79 Å². The first-order valence-corrected chi connectivity index (χ1v) is 9.14. The highest BCUT2D eigenvalue weighted by atomic mass is 32.2. The minimum absolute atomic E-state index is 0.474. The molecule has 3 aromatic rings. The van der Waals surface area contributed by atoms with Gasteiger partial charge >= 0.3 is 6.03 Å². The Morgan fingerprint density at radius 2 is 1.96 bits per heavy atom. The number of primary amides is 1. The molecule has 9 heteroatoms. The molecule has 0 radical (unpaired) electrons. The van der Waals surface area contributed by atoms with Gasteiger partial charge in [-0.25, -0.2) is 4.79 Å². The van der Waals surface area contributed by atoms with Gasteiger partial charge in [-0.3, -0.25) is 14.7 Å². The second-order valence-corrected chi connectivity index (χ2v) is 7.32. The van der Waals surface area contributed by atoms with Crippen molar-refractivity contribution in [3.8, 4) is 16.4 Å². The van der Waals surface area contributed by atoms with E-state index in [0.29, 0.717) is 11.0 Å². The Bertz CT molecular complexity index is 877. The van der Waals surface area contributed by atoms with Crippen LogP contribution in [0.1, 0.15) is 6.92 Å². The Morgan fingerprint density at radius 3 is 2.60 bits per heavy atom. The monoisotopic (exact) mass is 373 g/mol. The number of imide groups is 1. The Balaban J connectivity index is 1.97. The van der Waals surface area contributed by atoms with Crippen molar-refractivity contribution in [1.29, 1.82) is 0 Å². The number of hydrogen-bond donors (Lipinski definition) is 2. The summed E-state index contributed by atoms with van der Waals surface area (Å²) in [6.45, 7) is 1.68. The van der Waals surface area contributed by atoms with Crippen LogP contribution in [0, 0.1) is 0 Å². The number of amides is 3. The van der Waals surface area contributed by atoms with Crippen molar-refractivity contribution in [2.75, 3.05) is 0 Å². The summed E-state index contributed by atoms with van der Waals surface area (Å²) in [5.74, 6) is 0.226. The number of aromatic nitrogens is 3. The van der Waals surface area contributed by atoms with E-state index in [0.717, 1.165) is 10.6 Å². The molecule has 25 heavy (non-hydrogen) atoms. The summed E-state index contributed by atoms with van der Waals surface area (Å²) in [6, 6.07) is 12.7. The summed E-state index contributed by atoms with van der Waals surface area (Å²) in [5.41, 5.74) is 5.89. The van der Waals surface area contributed by atoms with Gasteiger partial charge in [0.05, 0.1) is 10.1 Å². The lowest BCUT2D eigenvalue weighted by molar-refractivity contribution is -0.119. The predicted molar refractivity (Wildman–Crippen MR) is 97.7 cm³/mol. The molecule has 128 valence electrons. The number of para-hydroxylation sites is 1. The lowest BCUT2D eigenvalue weighted by Gasteiger charge is -2.12. The molecular weight excluding hydrogens is 358 g/mol. The van der Waals surface area contributed by atoms with Crippen molar-refractivity contribution in [2.24, 2.45) is 5.73 Å². The first kappa shape index (κ1) is 17.2. The molecule has 1 aromatic carbocycles. The zero-order chi connectivity index (χ0) is 17.8. The molecule has 0 fully saturated rings. The number of carbonyl (C=O) groups excluding carboxylic acids is 2. The van der Waals surface area contributed by atoms with Crippen LogP contribution < -0.4 is 11.1 Å². The van der Waals surface area contributed by atoms with Crippen molar-refractivity contribution in [1.82, 2.24) is 20.1 Å². The zero-order valence-corrected chi connectivity index (χ0v) is 14.9. The third kappa shape index (κ3) is 3.89. The number of nitrogens with one attached hydrogen (secondary N) is 1. The number of urea groups is 1. The van der Waals surface area contributed by atoms with Crippen molar-refractivity contribution in [3.05, 3.63) is 47.8 Å². The average Bonchev–Trinajstić information content (AvgIpc) is 3.24. The summed E-state index contributed by atoms with van der Waals surface area (Å²) in [5, 5.41) is 12.6. The molecule has 0 bridgehead atoms. The molecule has 0 spiro atoms. The normalized spacial score (nSPS) is 11.9. The van der Waals surface area contributed by atoms with Crippen LogP contribution in [-0.4, -0.2) is 32.0 Å². The van der Waals surface area contributed by atoms with E-state index in [1.807, 2.05) is 52.4 Å². The van der Waals surface area contributed by atoms with Gasteiger partial charge in [0, 0.05) is 5.69 Å². The molecular formula is C16H15N5O2S2. The third-order valence-electron chi connectivity index (χ3n) is 3.29. The summed E-state index contributed by atoms with van der Waals surface area (Å²) in [7, 11) is 0. The summed E-state index contributed by atoms with van der Waals surface area (Å²) in [6.07, 6.45) is 0. The Hall–Kier alpha value is -2.65. The molecule has 0 saturated heterocycles. The van der Waals surface area contributed by atoms with Crippen LogP contribution in [0.25, 0.3) is 16.4 Å². The fraction of sp³-hybridized carbons (Fsp3) is 0.125. The summed E-state index contributed by atoms with van der Waals surface area (Å²) >= 11 is 2.77. The van der Waals surface area contributed by atoms with E-state index < -0.39 is 17.2 Å². The van der Waals surface area contributed by atoms with Crippen molar-refractivity contribution in [3.63, 3.8) is 0 Å². The van der Waals surface area contributed by atoms with E-state index in [2.05, 4.69) is 15.5 Å². The largest absolute Gasteiger partial charge is 0.351 e. The number of hydrogen-bond acceptors (Lipinski definition) is 6. The molecule has 2 heterocycles. The molecule has 1 atom stereocenters. The Kier molecular flexibility index (Phi) is 5.15. The first-order chi connectivity index (χ1) is 12.1. The third-order valence-corrected chi connectivity index (χ3v) is 5.20. The molecule has 0 aliphatic heterocycles. The van der Waals surface area contributed by atoms with E-state index in [-0.39, 0.29) is 0 Å². The summed E-state index contributed by atoms with van der Waals surface area (Å²) < 4.78 is 1.89. The van der Waals surface area contributed by atoms with Gasteiger partial charge in [-0.2, -0.15) is 0 Å². The Labute approximate surface area is 152 Å². The molecule has 3 N–H and O–H groups in total. The molecule has 7 nitrogen and oxygen atoms in total. The number of thiophene rings is 1. The smallest absolute Gasteiger partial charge is 0.318 e. The van der Waals surface area contributed by atoms with Crippen LogP contribution in [0.15, 0.2) is 53.0 Å². The highest BCUT2D eigenvalue weighted by Gasteiger charge is 2.22. The van der Waals surface area contributed by atoms with Crippen LogP contribution in [0.5, 0.6) is 0 Å². The highest BCUT2D eigenvalue weighted by molar-refractivity contribution is 8.00. The first-order valence-electron chi connectivity index (χ1n) is 7.38. The second-order valence-electron chi connectivity index (χ2n) is 5.07. The van der Waals surface area contributed by atoms with Gasteiger partial charge in [0.2, 0.25) is 5.91 Å². The number of benzene rings is 1. The van der Waals surface area contributed by atoms with E-state index in [4.69, 9.17) is 5.73 Å². The summed E-state index contributed by atoms with van der Waals surface area (Å²) in [4.78, 5) is 23.8. The van der Waals surface area contributed by atoms with Crippen LogP contribution in [0.2, 0.25) is 0 Å². The average molecular weight is 373 g/mol. The van der Waals surface area contributed by atoms with Gasteiger partial charge in [-0.05, 0) is 30.5 Å². The maximum Gasteiger partial charge on any atom is 0.318 e. The number of nitrogens with two attached hydrogens (primary N) is 1. The maximum absolute atomic E-state index is 12.0. The van der Waals surface area contributed by atoms with Gasteiger partial charge in [0.25, 0.3) is 0 Å². The minimum Gasteiger partial charge on any atom is -0.351 e. The number of carbonyl (C=O) groups is 2.